The SMILES string of the molecule is C=C1CC[C@H](CC(CCC)NC(=O)Cc2c[nH]c3ccc(O)cc23)[C@@]1(C)Cc1cnn(-c2ccc(F)cc2)c1C. The van der Waals surface area contributed by atoms with E-state index in [4.69, 9.17) is 0 Å². The van der Waals surface area contributed by atoms with Crippen LogP contribution in [0.15, 0.2) is 67.0 Å². The summed E-state index contributed by atoms with van der Waals surface area (Å²) in [6.07, 6.45) is 9.71. The number of rotatable bonds is 10. The van der Waals surface area contributed by atoms with Crippen molar-refractivity contribution < 1.29 is 14.3 Å². The van der Waals surface area contributed by atoms with Gasteiger partial charge in [-0.15, -0.1) is 0 Å². The molecule has 6 nitrogen and oxygen atoms in total. The number of benzene rings is 2. The second-order valence-electron chi connectivity index (χ2n) is 11.6. The van der Waals surface area contributed by atoms with Crippen LogP contribution >= 0.6 is 0 Å². The topological polar surface area (TPSA) is 82.9 Å². The molecule has 1 aliphatic rings. The molecule has 0 spiro atoms. The van der Waals surface area contributed by atoms with Crippen LogP contribution in [0.25, 0.3) is 16.6 Å². The molecule has 3 N–H and O–H groups in total. The van der Waals surface area contributed by atoms with Crippen molar-refractivity contribution >= 4 is 16.8 Å². The number of hydrogen-bond acceptors (Lipinski definition) is 3. The number of H-pyrrole nitrogens is 1. The zero-order valence-electron chi connectivity index (χ0n) is 23.6. The standard InChI is InChI=1S/C33H39FN4O2/c1-5-6-27(37-32(40)15-23-19-35-31-14-13-29(39)17-30(23)31)16-25-8-7-21(2)33(25,4)18-24-20-36-38(22(24)3)28-11-9-26(34)10-12-28/h9-14,17,19-20,25,27,35,39H,2,5-8,15-16,18H2,1,3-4H3,(H,37,40)/t25-,27?,33+/m1/s1. The smallest absolute Gasteiger partial charge is 0.224 e. The molecule has 4 aromatic rings. The van der Waals surface area contributed by atoms with Crippen molar-refractivity contribution in [2.45, 2.75) is 71.8 Å². The number of carbonyl (C=O) groups is 1. The van der Waals surface area contributed by atoms with Gasteiger partial charge in [0.05, 0.1) is 18.3 Å². The van der Waals surface area contributed by atoms with Crippen molar-refractivity contribution in [1.29, 1.82) is 0 Å². The molecule has 0 radical (unpaired) electrons. The van der Waals surface area contributed by atoms with Crippen LogP contribution in [0.1, 0.15) is 62.8 Å². The maximum atomic E-state index is 13.4. The van der Waals surface area contributed by atoms with Crippen molar-refractivity contribution in [3.63, 3.8) is 0 Å². The zero-order chi connectivity index (χ0) is 28.4. The highest BCUT2D eigenvalue weighted by Gasteiger charge is 2.43. The van der Waals surface area contributed by atoms with E-state index in [1.807, 2.05) is 23.1 Å². The number of amides is 1. The number of carbonyl (C=O) groups excluding carboxylic acids is 1. The minimum atomic E-state index is -0.263. The number of allylic oxidation sites excluding steroid dienone is 1. The number of halogens is 1. The van der Waals surface area contributed by atoms with Crippen LogP contribution in [-0.4, -0.2) is 31.8 Å². The minimum absolute atomic E-state index is 0.00219. The summed E-state index contributed by atoms with van der Waals surface area (Å²) in [5.74, 6) is 0.311. The first-order valence-corrected chi connectivity index (χ1v) is 14.2. The van der Waals surface area contributed by atoms with Gasteiger partial charge in [0.15, 0.2) is 0 Å². The Balaban J connectivity index is 1.29. The molecule has 1 aliphatic carbocycles. The Hall–Kier alpha value is -3.87. The summed E-state index contributed by atoms with van der Waals surface area (Å²) in [5.41, 5.74) is 6.00. The number of phenolic OH excluding ortho intramolecular Hbond substituents is 1. The van der Waals surface area contributed by atoms with Crippen molar-refractivity contribution in [3.05, 3.63) is 89.6 Å². The highest BCUT2D eigenvalue weighted by atomic mass is 19.1. The Morgan fingerprint density at radius 2 is 2.05 bits per heavy atom. The Labute approximate surface area is 235 Å². The monoisotopic (exact) mass is 542 g/mol. The molecule has 1 fully saturated rings. The van der Waals surface area contributed by atoms with Crippen LogP contribution in [0.3, 0.4) is 0 Å². The molecule has 5 rings (SSSR count). The van der Waals surface area contributed by atoms with E-state index in [0.717, 1.165) is 66.4 Å². The lowest BCUT2D eigenvalue weighted by Crippen LogP contribution is -2.39. The van der Waals surface area contributed by atoms with E-state index in [9.17, 15) is 14.3 Å². The summed E-state index contributed by atoms with van der Waals surface area (Å²) < 4.78 is 15.3. The number of phenols is 1. The molecule has 2 aromatic heterocycles. The molecule has 2 heterocycles. The number of aromatic hydroxyl groups is 1. The van der Waals surface area contributed by atoms with Crippen molar-refractivity contribution in [2.24, 2.45) is 11.3 Å². The van der Waals surface area contributed by atoms with Gasteiger partial charge in [-0.05, 0) is 104 Å². The second-order valence-corrected chi connectivity index (χ2v) is 11.6. The van der Waals surface area contributed by atoms with Gasteiger partial charge in [0.1, 0.15) is 11.6 Å². The summed E-state index contributed by atoms with van der Waals surface area (Å²) in [7, 11) is 0. The molecule has 210 valence electrons. The van der Waals surface area contributed by atoms with E-state index in [1.54, 1.807) is 24.3 Å². The Morgan fingerprint density at radius 3 is 2.80 bits per heavy atom. The summed E-state index contributed by atoms with van der Waals surface area (Å²) >= 11 is 0. The number of hydrogen-bond donors (Lipinski definition) is 3. The molecule has 0 bridgehead atoms. The number of nitrogens with one attached hydrogen (secondary N) is 2. The molecule has 1 saturated carbocycles. The van der Waals surface area contributed by atoms with Gasteiger partial charge in [0, 0.05) is 28.8 Å². The Morgan fingerprint density at radius 1 is 1.27 bits per heavy atom. The Kier molecular flexibility index (Phi) is 7.83. The van der Waals surface area contributed by atoms with Crippen LogP contribution in [0.5, 0.6) is 5.75 Å². The van der Waals surface area contributed by atoms with Crippen molar-refractivity contribution in [1.82, 2.24) is 20.1 Å². The second kappa shape index (κ2) is 11.3. The first kappa shape index (κ1) is 27.7. The molecular weight excluding hydrogens is 503 g/mol. The lowest BCUT2D eigenvalue weighted by molar-refractivity contribution is -0.121. The zero-order valence-corrected chi connectivity index (χ0v) is 23.6. The van der Waals surface area contributed by atoms with Gasteiger partial charge >= 0.3 is 0 Å². The van der Waals surface area contributed by atoms with Gasteiger partial charge in [0.2, 0.25) is 5.91 Å². The van der Waals surface area contributed by atoms with Crippen molar-refractivity contribution in [3.8, 4) is 11.4 Å². The molecule has 3 atom stereocenters. The average Bonchev–Trinajstić information content (AvgIpc) is 3.56. The summed E-state index contributed by atoms with van der Waals surface area (Å²) in [5, 5.41) is 18.7. The van der Waals surface area contributed by atoms with E-state index >= 15 is 0 Å². The van der Waals surface area contributed by atoms with Gasteiger partial charge < -0.3 is 15.4 Å². The van der Waals surface area contributed by atoms with Gasteiger partial charge in [-0.25, -0.2) is 9.07 Å². The molecule has 7 heteroatoms. The first-order valence-electron chi connectivity index (χ1n) is 14.2. The van der Waals surface area contributed by atoms with Gasteiger partial charge in [-0.1, -0.05) is 32.4 Å². The summed E-state index contributed by atoms with van der Waals surface area (Å²) in [6.45, 7) is 11.0. The van der Waals surface area contributed by atoms with Gasteiger partial charge in [-0.3, -0.25) is 4.79 Å². The maximum Gasteiger partial charge on any atom is 0.224 e. The molecule has 1 amide bonds. The van der Waals surface area contributed by atoms with E-state index < -0.39 is 0 Å². The number of fused-ring (bicyclic) bond motifs is 1. The summed E-state index contributed by atoms with van der Waals surface area (Å²) in [6, 6.07) is 11.6. The normalized spacial score (nSPS) is 19.8. The highest BCUT2D eigenvalue weighted by Crippen LogP contribution is 2.51. The largest absolute Gasteiger partial charge is 0.508 e. The molecule has 0 saturated heterocycles. The lowest BCUT2D eigenvalue weighted by Gasteiger charge is -2.35. The van der Waals surface area contributed by atoms with Crippen molar-refractivity contribution in [2.75, 3.05) is 0 Å². The number of aromatic amines is 1. The molecule has 0 aliphatic heterocycles. The lowest BCUT2D eigenvalue weighted by atomic mass is 9.70. The highest BCUT2D eigenvalue weighted by molar-refractivity contribution is 5.89. The van der Waals surface area contributed by atoms with Crippen LogP contribution in [0, 0.1) is 24.1 Å². The van der Waals surface area contributed by atoms with Crippen LogP contribution in [-0.2, 0) is 17.6 Å². The first-order chi connectivity index (χ1) is 19.2. The quantitative estimate of drug-likeness (QED) is 0.190. The average molecular weight is 543 g/mol. The maximum absolute atomic E-state index is 13.4. The van der Waals surface area contributed by atoms with Crippen LogP contribution < -0.4 is 5.32 Å². The minimum Gasteiger partial charge on any atom is -0.508 e. The van der Waals surface area contributed by atoms with Crippen LogP contribution in [0.4, 0.5) is 4.39 Å². The molecule has 40 heavy (non-hydrogen) atoms. The van der Waals surface area contributed by atoms with Crippen LogP contribution in [0.2, 0.25) is 0 Å². The number of nitrogens with zero attached hydrogens (tertiary/aromatic N) is 2. The van der Waals surface area contributed by atoms with E-state index in [-0.39, 0.29) is 35.4 Å². The molecule has 1 unspecified atom stereocenters. The fraction of sp³-hybridized carbons (Fsp3) is 0.394. The molecular formula is C33H39FN4O2. The fourth-order valence-electron chi connectivity index (χ4n) is 6.45. The fourth-order valence-corrected chi connectivity index (χ4v) is 6.45. The predicted octanol–water partition coefficient (Wildman–Crippen LogP) is 6.94. The van der Waals surface area contributed by atoms with Gasteiger partial charge in [0.25, 0.3) is 0 Å². The van der Waals surface area contributed by atoms with E-state index in [1.165, 1.54) is 23.3 Å². The third-order valence-electron chi connectivity index (χ3n) is 8.92. The van der Waals surface area contributed by atoms with E-state index in [2.05, 4.69) is 42.7 Å². The third kappa shape index (κ3) is 5.55. The number of aromatic nitrogens is 3. The Bertz CT molecular complexity index is 1520. The van der Waals surface area contributed by atoms with E-state index in [0.29, 0.717) is 5.92 Å². The predicted molar refractivity (Wildman–Crippen MR) is 157 cm³/mol. The van der Waals surface area contributed by atoms with Gasteiger partial charge in [-0.2, -0.15) is 5.10 Å². The third-order valence-corrected chi connectivity index (χ3v) is 8.92. The summed E-state index contributed by atoms with van der Waals surface area (Å²) in [4.78, 5) is 16.4. The molecule has 2 aromatic carbocycles.